The van der Waals surface area contributed by atoms with Crippen molar-refractivity contribution in [3.05, 3.63) is 27.5 Å². The van der Waals surface area contributed by atoms with Crippen LogP contribution in [-0.4, -0.2) is 34.6 Å². The Morgan fingerprint density at radius 2 is 2.40 bits per heavy atom. The van der Waals surface area contributed by atoms with E-state index >= 15 is 0 Å². The van der Waals surface area contributed by atoms with Gasteiger partial charge in [-0.05, 0) is 34.6 Å². The van der Waals surface area contributed by atoms with Crippen LogP contribution < -0.4 is 0 Å². The van der Waals surface area contributed by atoms with E-state index in [1.165, 1.54) is 0 Å². The largest absolute Gasteiger partial charge is 0.478 e. The normalized spacial score (nSPS) is 16.1. The Kier molecular flexibility index (Phi) is 2.75. The van der Waals surface area contributed by atoms with Crippen molar-refractivity contribution in [2.24, 2.45) is 0 Å². The molecule has 1 N–H and O–H groups in total. The van der Waals surface area contributed by atoms with Gasteiger partial charge in [-0.2, -0.15) is 0 Å². The average molecular weight is 271 g/mol. The second kappa shape index (κ2) is 3.90. The van der Waals surface area contributed by atoms with Gasteiger partial charge in [-0.25, -0.2) is 9.78 Å². The van der Waals surface area contributed by atoms with E-state index in [1.807, 2.05) is 7.05 Å². The van der Waals surface area contributed by atoms with Crippen LogP contribution in [0.2, 0.25) is 0 Å². The minimum absolute atomic E-state index is 0.240. The zero-order chi connectivity index (χ0) is 11.0. The van der Waals surface area contributed by atoms with Crippen molar-refractivity contribution in [2.75, 3.05) is 13.6 Å². The molecule has 2 heterocycles. The molecule has 1 aromatic heterocycles. The molecular formula is C10H11BrN2O2. The quantitative estimate of drug-likeness (QED) is 0.787. The fourth-order valence-corrected chi connectivity index (χ4v) is 2.24. The van der Waals surface area contributed by atoms with Gasteiger partial charge in [-0.1, -0.05) is 0 Å². The van der Waals surface area contributed by atoms with Crippen molar-refractivity contribution < 1.29 is 9.90 Å². The molecule has 4 nitrogen and oxygen atoms in total. The molecule has 0 fully saturated rings. The lowest BCUT2D eigenvalue weighted by molar-refractivity contribution is 0.0695. The highest BCUT2D eigenvalue weighted by Gasteiger charge is 2.19. The number of aromatic nitrogens is 1. The van der Waals surface area contributed by atoms with E-state index in [4.69, 9.17) is 5.11 Å². The van der Waals surface area contributed by atoms with Crippen LogP contribution in [0.5, 0.6) is 0 Å². The van der Waals surface area contributed by atoms with Gasteiger partial charge in [0.1, 0.15) is 4.60 Å². The van der Waals surface area contributed by atoms with Crippen molar-refractivity contribution in [1.29, 1.82) is 0 Å². The summed E-state index contributed by atoms with van der Waals surface area (Å²) in [4.78, 5) is 17.3. The number of likely N-dealkylation sites (N-methyl/N-ethyl adjacent to an activating group) is 1. The van der Waals surface area contributed by atoms with Crippen molar-refractivity contribution >= 4 is 21.9 Å². The van der Waals surface area contributed by atoms with Crippen LogP contribution in [-0.2, 0) is 13.0 Å². The molecule has 5 heteroatoms. The fraction of sp³-hybridized carbons (Fsp3) is 0.400. The van der Waals surface area contributed by atoms with E-state index in [9.17, 15) is 4.79 Å². The summed E-state index contributed by atoms with van der Waals surface area (Å²) in [6, 6.07) is 1.71. The lowest BCUT2D eigenvalue weighted by Crippen LogP contribution is -2.27. The third-order valence-electron chi connectivity index (χ3n) is 2.55. The summed E-state index contributed by atoms with van der Waals surface area (Å²) < 4.78 is 0.429. The van der Waals surface area contributed by atoms with Crippen LogP contribution in [0, 0.1) is 0 Å². The first-order valence-electron chi connectivity index (χ1n) is 4.68. The number of rotatable bonds is 1. The Labute approximate surface area is 96.1 Å². The first-order valence-corrected chi connectivity index (χ1v) is 5.47. The fourth-order valence-electron chi connectivity index (χ4n) is 1.74. The Bertz CT molecular complexity index is 420. The summed E-state index contributed by atoms with van der Waals surface area (Å²) >= 11 is 3.19. The second-order valence-corrected chi connectivity index (χ2v) is 4.48. The molecule has 80 valence electrons. The maximum atomic E-state index is 10.9. The lowest BCUT2D eigenvalue weighted by atomic mass is 10.0. The highest BCUT2D eigenvalue weighted by atomic mass is 79.9. The molecule has 0 atom stereocenters. The van der Waals surface area contributed by atoms with Gasteiger partial charge in [0.15, 0.2) is 0 Å². The highest BCUT2D eigenvalue weighted by molar-refractivity contribution is 9.10. The monoisotopic (exact) mass is 270 g/mol. The minimum Gasteiger partial charge on any atom is -0.478 e. The highest BCUT2D eigenvalue weighted by Crippen LogP contribution is 2.22. The topological polar surface area (TPSA) is 53.4 Å². The van der Waals surface area contributed by atoms with Crippen molar-refractivity contribution in [2.45, 2.75) is 13.0 Å². The minimum atomic E-state index is -0.939. The summed E-state index contributed by atoms with van der Waals surface area (Å²) in [5, 5.41) is 8.95. The smallest absolute Gasteiger partial charge is 0.338 e. The van der Waals surface area contributed by atoms with Crippen LogP contribution in [0.4, 0.5) is 0 Å². The summed E-state index contributed by atoms with van der Waals surface area (Å²) in [5.41, 5.74) is 2.26. The van der Waals surface area contributed by atoms with Crippen molar-refractivity contribution in [1.82, 2.24) is 9.88 Å². The lowest BCUT2D eigenvalue weighted by Gasteiger charge is -2.24. The Balaban J connectivity index is 2.47. The van der Waals surface area contributed by atoms with Gasteiger partial charge in [0, 0.05) is 25.2 Å². The maximum absolute atomic E-state index is 10.9. The molecule has 0 saturated heterocycles. The molecule has 0 radical (unpaired) electrons. The van der Waals surface area contributed by atoms with Gasteiger partial charge in [-0.15, -0.1) is 0 Å². The molecule has 0 aromatic carbocycles. The molecule has 0 saturated carbocycles. The van der Waals surface area contributed by atoms with Crippen molar-refractivity contribution in [3.8, 4) is 0 Å². The zero-order valence-corrected chi connectivity index (χ0v) is 9.91. The SMILES string of the molecule is CN1CCc2nc(Br)c(C(=O)O)cc2C1. The summed E-state index contributed by atoms with van der Waals surface area (Å²) in [5.74, 6) is -0.939. The molecule has 0 bridgehead atoms. The predicted molar refractivity (Wildman–Crippen MR) is 58.9 cm³/mol. The van der Waals surface area contributed by atoms with Gasteiger partial charge < -0.3 is 10.0 Å². The molecule has 0 spiro atoms. The summed E-state index contributed by atoms with van der Waals surface area (Å²) in [6.45, 7) is 1.74. The number of pyridine rings is 1. The third kappa shape index (κ3) is 2.03. The molecular weight excluding hydrogens is 260 g/mol. The summed E-state index contributed by atoms with van der Waals surface area (Å²) in [6.07, 6.45) is 0.879. The Morgan fingerprint density at radius 1 is 1.67 bits per heavy atom. The third-order valence-corrected chi connectivity index (χ3v) is 3.15. The van der Waals surface area contributed by atoms with Crippen LogP contribution >= 0.6 is 15.9 Å². The van der Waals surface area contributed by atoms with E-state index in [0.29, 0.717) is 4.60 Å². The van der Waals surface area contributed by atoms with Gasteiger partial charge >= 0.3 is 5.97 Å². The number of carbonyl (C=O) groups is 1. The van der Waals surface area contributed by atoms with E-state index < -0.39 is 5.97 Å². The van der Waals surface area contributed by atoms with Crippen molar-refractivity contribution in [3.63, 3.8) is 0 Å². The summed E-state index contributed by atoms with van der Waals surface area (Å²) in [7, 11) is 2.02. The average Bonchev–Trinajstić information content (AvgIpc) is 2.17. The van der Waals surface area contributed by atoms with Gasteiger partial charge in [0.2, 0.25) is 0 Å². The number of carboxylic acids is 1. The number of hydrogen-bond acceptors (Lipinski definition) is 3. The van der Waals surface area contributed by atoms with Crippen LogP contribution in [0.25, 0.3) is 0 Å². The standard InChI is InChI=1S/C10H11BrN2O2/c1-13-3-2-8-6(5-13)4-7(10(14)15)9(11)12-8/h4H,2-3,5H2,1H3,(H,14,15). The Morgan fingerprint density at radius 3 is 3.07 bits per heavy atom. The molecule has 15 heavy (non-hydrogen) atoms. The van der Waals surface area contributed by atoms with E-state index in [0.717, 1.165) is 30.8 Å². The van der Waals surface area contributed by atoms with Crippen LogP contribution in [0.1, 0.15) is 21.6 Å². The number of carboxylic acid groups (broad SMARTS) is 1. The van der Waals surface area contributed by atoms with E-state index in [-0.39, 0.29) is 5.56 Å². The maximum Gasteiger partial charge on any atom is 0.338 e. The number of halogens is 1. The molecule has 0 unspecified atom stereocenters. The number of hydrogen-bond donors (Lipinski definition) is 1. The molecule has 0 aliphatic carbocycles. The van der Waals surface area contributed by atoms with Gasteiger partial charge in [-0.3, -0.25) is 0 Å². The first kappa shape index (κ1) is 10.6. The molecule has 1 aliphatic rings. The number of nitrogens with zero attached hydrogens (tertiary/aromatic N) is 2. The van der Waals surface area contributed by atoms with Crippen LogP contribution in [0.15, 0.2) is 10.7 Å². The molecule has 2 rings (SSSR count). The first-order chi connectivity index (χ1) is 7.08. The van der Waals surface area contributed by atoms with E-state index in [1.54, 1.807) is 6.07 Å². The molecule has 1 aromatic rings. The zero-order valence-electron chi connectivity index (χ0n) is 8.33. The van der Waals surface area contributed by atoms with Gasteiger partial charge in [0.05, 0.1) is 5.56 Å². The Hall–Kier alpha value is -0.940. The van der Waals surface area contributed by atoms with Gasteiger partial charge in [0.25, 0.3) is 0 Å². The van der Waals surface area contributed by atoms with E-state index in [2.05, 4.69) is 25.8 Å². The molecule has 0 amide bonds. The second-order valence-electron chi connectivity index (χ2n) is 3.73. The van der Waals surface area contributed by atoms with Crippen LogP contribution in [0.3, 0.4) is 0 Å². The number of aromatic carboxylic acids is 1. The predicted octanol–water partition coefficient (Wildman–Crippen LogP) is 1.53. The molecule has 1 aliphatic heterocycles. The number of fused-ring (bicyclic) bond motifs is 1.